The molecule has 0 aliphatic rings. The van der Waals surface area contributed by atoms with Crippen molar-refractivity contribution in [1.82, 2.24) is 18.9 Å². The molecule has 0 saturated carbocycles. The second-order valence-corrected chi connectivity index (χ2v) is 9.58. The van der Waals surface area contributed by atoms with E-state index in [0.717, 1.165) is 10.6 Å². The van der Waals surface area contributed by atoms with E-state index in [9.17, 15) is 32.9 Å². The molecule has 9 nitrogen and oxygen atoms in total. The lowest BCUT2D eigenvalue weighted by Crippen LogP contribution is -2.44. The average Bonchev–Trinajstić information content (AvgIpc) is 3.33. The van der Waals surface area contributed by atoms with Crippen LogP contribution in [0.3, 0.4) is 0 Å². The summed E-state index contributed by atoms with van der Waals surface area (Å²) in [5.41, 5.74) is -3.06. The van der Waals surface area contributed by atoms with Crippen LogP contribution in [0, 0.1) is 16.0 Å². The minimum absolute atomic E-state index is 0.0544. The van der Waals surface area contributed by atoms with Crippen molar-refractivity contribution in [2.45, 2.75) is 46.1 Å². The first-order valence-corrected chi connectivity index (χ1v) is 12.2. The molecule has 0 bridgehead atoms. The highest BCUT2D eigenvalue weighted by Crippen LogP contribution is 2.33. The van der Waals surface area contributed by atoms with Crippen LogP contribution in [0.2, 0.25) is 0 Å². The Morgan fingerprint density at radius 2 is 1.64 bits per heavy atom. The van der Waals surface area contributed by atoms with Gasteiger partial charge in [-0.3, -0.25) is 24.2 Å². The summed E-state index contributed by atoms with van der Waals surface area (Å²) in [7, 11) is 0. The number of alkyl halides is 3. The molecule has 1 unspecified atom stereocenters. The second kappa shape index (κ2) is 10.7. The first-order valence-electron chi connectivity index (χ1n) is 12.2. The summed E-state index contributed by atoms with van der Waals surface area (Å²) < 4.78 is 43.6. The second-order valence-electron chi connectivity index (χ2n) is 9.58. The quantitative estimate of drug-likeness (QED) is 0.228. The lowest BCUT2D eigenvalue weighted by atomic mass is 10.1. The van der Waals surface area contributed by atoms with Crippen LogP contribution in [0.1, 0.15) is 43.5 Å². The third kappa shape index (κ3) is 5.54. The summed E-state index contributed by atoms with van der Waals surface area (Å²) in [5.74, 6) is -0.132. The Morgan fingerprint density at radius 3 is 2.26 bits per heavy atom. The molecule has 204 valence electrons. The van der Waals surface area contributed by atoms with E-state index in [1.807, 2.05) is 13.8 Å². The van der Waals surface area contributed by atoms with Crippen molar-refractivity contribution in [3.8, 4) is 11.3 Å². The molecule has 2 aromatic heterocycles. The minimum Gasteiger partial charge on any atom is -0.287 e. The van der Waals surface area contributed by atoms with E-state index in [1.54, 1.807) is 37.3 Å². The number of hydrogen-bond acceptors (Lipinski definition) is 5. The van der Waals surface area contributed by atoms with E-state index in [2.05, 4.69) is 5.10 Å². The van der Waals surface area contributed by atoms with Crippen molar-refractivity contribution in [2.24, 2.45) is 5.92 Å². The molecule has 0 spiro atoms. The van der Waals surface area contributed by atoms with Crippen molar-refractivity contribution < 1.29 is 18.1 Å². The third-order valence-electron chi connectivity index (χ3n) is 6.31. The van der Waals surface area contributed by atoms with E-state index >= 15 is 0 Å². The first kappa shape index (κ1) is 27.6. The van der Waals surface area contributed by atoms with Gasteiger partial charge in [0.15, 0.2) is 0 Å². The van der Waals surface area contributed by atoms with Crippen LogP contribution >= 0.6 is 0 Å². The van der Waals surface area contributed by atoms with Crippen LogP contribution in [0.25, 0.3) is 11.3 Å². The van der Waals surface area contributed by atoms with Gasteiger partial charge in [-0.15, -0.1) is 0 Å². The molecule has 39 heavy (non-hydrogen) atoms. The predicted molar refractivity (Wildman–Crippen MR) is 138 cm³/mol. The van der Waals surface area contributed by atoms with Gasteiger partial charge >= 0.3 is 23.1 Å². The Bertz CT molecular complexity index is 1620. The Labute approximate surface area is 220 Å². The van der Waals surface area contributed by atoms with E-state index in [-0.39, 0.29) is 35.8 Å². The zero-order chi connectivity index (χ0) is 28.5. The van der Waals surface area contributed by atoms with Crippen LogP contribution in [0.5, 0.6) is 0 Å². The van der Waals surface area contributed by atoms with Gasteiger partial charge in [-0.25, -0.2) is 9.36 Å². The first-order chi connectivity index (χ1) is 18.4. The van der Waals surface area contributed by atoms with Gasteiger partial charge in [0.2, 0.25) is 0 Å². The summed E-state index contributed by atoms with van der Waals surface area (Å²) in [4.78, 5) is 38.6. The standard InChI is InChI=1S/C27H26F3N5O4/c1-17(2)14-33-23(21-13-31-32(16-21)15-20-11-7-8-12-22(20)27(28,29)30)24(35(38)39)25(36)34(26(33)37)18(3)19-9-5-4-6-10-19/h4-13,16-18H,14-15H2,1-3H3. The lowest BCUT2D eigenvalue weighted by molar-refractivity contribution is -0.386. The van der Waals surface area contributed by atoms with Gasteiger partial charge in [0.1, 0.15) is 5.69 Å². The molecule has 0 saturated heterocycles. The fourth-order valence-electron chi connectivity index (χ4n) is 4.55. The maximum Gasteiger partial charge on any atom is 0.416 e. The fraction of sp³-hybridized carbons (Fsp3) is 0.296. The molecule has 4 aromatic rings. The lowest BCUT2D eigenvalue weighted by Gasteiger charge is -2.20. The Kier molecular flexibility index (Phi) is 7.57. The van der Waals surface area contributed by atoms with E-state index < -0.39 is 39.6 Å². The number of nitrogens with zero attached hydrogens (tertiary/aromatic N) is 5. The summed E-state index contributed by atoms with van der Waals surface area (Å²) in [6.07, 6.45) is -2.07. The monoisotopic (exact) mass is 541 g/mol. The molecule has 0 aliphatic carbocycles. The Balaban J connectivity index is 1.90. The van der Waals surface area contributed by atoms with Crippen LogP contribution in [0.15, 0.2) is 76.6 Å². The molecule has 4 rings (SSSR count). The van der Waals surface area contributed by atoms with Gasteiger partial charge in [-0.1, -0.05) is 62.4 Å². The molecule has 12 heteroatoms. The third-order valence-corrected chi connectivity index (χ3v) is 6.31. The van der Waals surface area contributed by atoms with Crippen molar-refractivity contribution >= 4 is 5.69 Å². The van der Waals surface area contributed by atoms with Crippen molar-refractivity contribution in [3.63, 3.8) is 0 Å². The van der Waals surface area contributed by atoms with Crippen LogP contribution in [0.4, 0.5) is 18.9 Å². The molecular formula is C27H26F3N5O4. The van der Waals surface area contributed by atoms with Crippen molar-refractivity contribution in [2.75, 3.05) is 0 Å². The number of halogens is 3. The highest BCUT2D eigenvalue weighted by atomic mass is 19.4. The summed E-state index contributed by atoms with van der Waals surface area (Å²) in [5, 5.41) is 16.4. The molecule has 0 aliphatic heterocycles. The topological polar surface area (TPSA) is 105 Å². The smallest absolute Gasteiger partial charge is 0.287 e. The molecule has 0 N–H and O–H groups in total. The summed E-state index contributed by atoms with van der Waals surface area (Å²) in [6, 6.07) is 12.9. The fourth-order valence-corrected chi connectivity index (χ4v) is 4.55. The van der Waals surface area contributed by atoms with E-state index in [1.165, 1.54) is 39.8 Å². The van der Waals surface area contributed by atoms with Gasteiger partial charge < -0.3 is 0 Å². The number of nitro groups is 1. The number of hydrogen-bond donors (Lipinski definition) is 0. The maximum absolute atomic E-state index is 13.7. The Morgan fingerprint density at radius 1 is 1.00 bits per heavy atom. The van der Waals surface area contributed by atoms with E-state index in [4.69, 9.17) is 0 Å². The molecule has 0 radical (unpaired) electrons. The van der Waals surface area contributed by atoms with Gasteiger partial charge in [-0.2, -0.15) is 18.3 Å². The highest BCUT2D eigenvalue weighted by molar-refractivity contribution is 5.68. The molecule has 2 aromatic carbocycles. The zero-order valence-corrected chi connectivity index (χ0v) is 21.4. The highest BCUT2D eigenvalue weighted by Gasteiger charge is 2.34. The van der Waals surface area contributed by atoms with Crippen LogP contribution < -0.4 is 11.2 Å². The number of rotatable bonds is 8. The van der Waals surface area contributed by atoms with Gasteiger partial charge in [-0.05, 0) is 30.0 Å². The van der Waals surface area contributed by atoms with Gasteiger partial charge in [0.05, 0.1) is 29.3 Å². The number of aromatic nitrogens is 4. The Hall–Kier alpha value is -4.48. The largest absolute Gasteiger partial charge is 0.416 e. The molecule has 0 amide bonds. The van der Waals surface area contributed by atoms with E-state index in [0.29, 0.717) is 5.56 Å². The van der Waals surface area contributed by atoms with Gasteiger partial charge in [0, 0.05) is 18.3 Å². The molecule has 0 fully saturated rings. The molecule has 2 heterocycles. The number of benzene rings is 2. The van der Waals surface area contributed by atoms with Crippen LogP contribution in [-0.2, 0) is 19.3 Å². The molecular weight excluding hydrogens is 515 g/mol. The zero-order valence-electron chi connectivity index (χ0n) is 21.4. The van der Waals surface area contributed by atoms with Gasteiger partial charge in [0.25, 0.3) is 0 Å². The predicted octanol–water partition coefficient (Wildman–Crippen LogP) is 5.11. The average molecular weight is 542 g/mol. The summed E-state index contributed by atoms with van der Waals surface area (Å²) >= 11 is 0. The normalized spacial score (nSPS) is 12.6. The maximum atomic E-state index is 13.7. The van der Waals surface area contributed by atoms with Crippen molar-refractivity contribution in [3.05, 3.63) is 115 Å². The minimum atomic E-state index is -4.58. The SMILES string of the molecule is CC(C)Cn1c(-c2cnn(Cc3ccccc3C(F)(F)F)c2)c([N+](=O)[O-])c(=O)n(C(C)c2ccccc2)c1=O. The van der Waals surface area contributed by atoms with Crippen LogP contribution in [-0.4, -0.2) is 23.8 Å². The van der Waals surface area contributed by atoms with Crippen molar-refractivity contribution in [1.29, 1.82) is 0 Å². The molecule has 1 atom stereocenters. The summed E-state index contributed by atoms with van der Waals surface area (Å²) in [6.45, 7) is 5.02.